The summed E-state index contributed by atoms with van der Waals surface area (Å²) >= 11 is 1.91. The minimum Gasteiger partial charge on any atom is -0.328 e. The van der Waals surface area contributed by atoms with Crippen LogP contribution < -0.4 is 0 Å². The van der Waals surface area contributed by atoms with Crippen molar-refractivity contribution in [3.63, 3.8) is 0 Å². The van der Waals surface area contributed by atoms with Gasteiger partial charge in [-0.05, 0) is 50.1 Å². The Balaban J connectivity index is 2.10. The molecule has 0 amide bonds. The van der Waals surface area contributed by atoms with Crippen molar-refractivity contribution in [1.82, 2.24) is 9.55 Å². The van der Waals surface area contributed by atoms with Crippen LogP contribution in [0.5, 0.6) is 0 Å². The molecule has 0 radical (unpaired) electrons. The standard InChI is InChI=1S/C17H23N3S/c1-3-12-21-15-8-9-16-17(13-15)20(14(2)19-16)11-7-5-4-6-10-18/h8-9,13H,3-7,11-12H2,1-2H3. The molecule has 0 saturated heterocycles. The highest BCUT2D eigenvalue weighted by Gasteiger charge is 2.08. The van der Waals surface area contributed by atoms with Crippen molar-refractivity contribution in [1.29, 1.82) is 5.26 Å². The van der Waals surface area contributed by atoms with E-state index < -0.39 is 0 Å². The zero-order chi connectivity index (χ0) is 15.1. The molecule has 1 heterocycles. The molecular weight excluding hydrogens is 278 g/mol. The predicted molar refractivity (Wildman–Crippen MR) is 89.6 cm³/mol. The van der Waals surface area contributed by atoms with E-state index >= 15 is 0 Å². The summed E-state index contributed by atoms with van der Waals surface area (Å²) in [5, 5.41) is 8.57. The van der Waals surface area contributed by atoms with Gasteiger partial charge in [-0.1, -0.05) is 13.3 Å². The molecule has 0 aliphatic heterocycles. The number of aryl methyl sites for hydroxylation is 2. The van der Waals surface area contributed by atoms with Crippen LogP contribution in [0.3, 0.4) is 0 Å². The number of fused-ring (bicyclic) bond motifs is 1. The van der Waals surface area contributed by atoms with Crippen molar-refractivity contribution in [2.75, 3.05) is 5.75 Å². The second-order valence-corrected chi connectivity index (χ2v) is 6.45. The number of aromatic nitrogens is 2. The summed E-state index contributed by atoms with van der Waals surface area (Å²) in [6.45, 7) is 5.28. The third-order valence-corrected chi connectivity index (χ3v) is 4.75. The number of thioether (sulfide) groups is 1. The van der Waals surface area contributed by atoms with Gasteiger partial charge in [0.1, 0.15) is 5.82 Å². The van der Waals surface area contributed by atoms with Crippen molar-refractivity contribution < 1.29 is 0 Å². The van der Waals surface area contributed by atoms with Gasteiger partial charge in [-0.3, -0.25) is 0 Å². The largest absolute Gasteiger partial charge is 0.328 e. The Hall–Kier alpha value is -1.47. The molecule has 0 spiro atoms. The van der Waals surface area contributed by atoms with E-state index in [1.54, 1.807) is 0 Å². The van der Waals surface area contributed by atoms with E-state index in [9.17, 15) is 0 Å². The summed E-state index contributed by atoms with van der Waals surface area (Å²) in [4.78, 5) is 5.98. The number of hydrogen-bond acceptors (Lipinski definition) is 3. The first-order valence-corrected chi connectivity index (χ1v) is 8.71. The van der Waals surface area contributed by atoms with Gasteiger partial charge in [-0.25, -0.2) is 4.98 Å². The van der Waals surface area contributed by atoms with Crippen molar-refractivity contribution in [3.8, 4) is 6.07 Å². The second-order valence-electron chi connectivity index (χ2n) is 5.28. The Labute approximate surface area is 131 Å². The van der Waals surface area contributed by atoms with Gasteiger partial charge in [0.15, 0.2) is 0 Å². The summed E-state index contributed by atoms with van der Waals surface area (Å²) < 4.78 is 2.32. The monoisotopic (exact) mass is 301 g/mol. The molecule has 2 rings (SSSR count). The molecule has 112 valence electrons. The molecule has 21 heavy (non-hydrogen) atoms. The van der Waals surface area contributed by atoms with Crippen LogP contribution in [0, 0.1) is 18.3 Å². The Bertz CT molecular complexity index is 625. The Kier molecular flexibility index (Phi) is 6.13. The third kappa shape index (κ3) is 4.25. The fourth-order valence-corrected chi connectivity index (χ4v) is 3.26. The maximum atomic E-state index is 8.57. The van der Waals surface area contributed by atoms with Crippen molar-refractivity contribution >= 4 is 22.8 Å². The predicted octanol–water partition coefficient (Wildman–Crippen LogP) is 4.93. The summed E-state index contributed by atoms with van der Waals surface area (Å²) in [7, 11) is 0. The van der Waals surface area contributed by atoms with E-state index in [4.69, 9.17) is 5.26 Å². The van der Waals surface area contributed by atoms with Crippen molar-refractivity contribution in [2.24, 2.45) is 0 Å². The van der Waals surface area contributed by atoms with Crippen LogP contribution in [0.2, 0.25) is 0 Å². The molecule has 0 aliphatic carbocycles. The molecule has 1 aromatic carbocycles. The van der Waals surface area contributed by atoms with Crippen LogP contribution in [-0.4, -0.2) is 15.3 Å². The van der Waals surface area contributed by atoms with Crippen molar-refractivity contribution in [2.45, 2.75) is 57.4 Å². The number of rotatable bonds is 8. The molecule has 0 aliphatic rings. The van der Waals surface area contributed by atoms with E-state index in [1.807, 2.05) is 11.8 Å². The number of nitriles is 1. The lowest BCUT2D eigenvalue weighted by Gasteiger charge is -2.07. The van der Waals surface area contributed by atoms with Crippen molar-refractivity contribution in [3.05, 3.63) is 24.0 Å². The first-order chi connectivity index (χ1) is 10.3. The third-order valence-electron chi connectivity index (χ3n) is 3.55. The lowest BCUT2D eigenvalue weighted by molar-refractivity contribution is 0.591. The molecule has 0 unspecified atom stereocenters. The lowest BCUT2D eigenvalue weighted by Crippen LogP contribution is -2.00. The molecule has 0 saturated carbocycles. The average molecular weight is 301 g/mol. The topological polar surface area (TPSA) is 41.6 Å². The molecule has 0 N–H and O–H groups in total. The first-order valence-electron chi connectivity index (χ1n) is 7.73. The highest BCUT2D eigenvalue weighted by molar-refractivity contribution is 7.99. The zero-order valence-electron chi connectivity index (χ0n) is 12.9. The summed E-state index contributed by atoms with van der Waals surface area (Å²) in [5.74, 6) is 2.25. The van der Waals surface area contributed by atoms with E-state index in [0.717, 1.165) is 42.9 Å². The fraction of sp³-hybridized carbons (Fsp3) is 0.529. The maximum Gasteiger partial charge on any atom is 0.106 e. The van der Waals surface area contributed by atoms with E-state index in [0.29, 0.717) is 6.42 Å². The van der Waals surface area contributed by atoms with Gasteiger partial charge in [0.2, 0.25) is 0 Å². The highest BCUT2D eigenvalue weighted by atomic mass is 32.2. The van der Waals surface area contributed by atoms with Gasteiger partial charge in [0.25, 0.3) is 0 Å². The van der Waals surface area contributed by atoms with Crippen LogP contribution in [-0.2, 0) is 6.54 Å². The van der Waals surface area contributed by atoms with Crippen LogP contribution in [0.4, 0.5) is 0 Å². The minimum atomic E-state index is 0.668. The van der Waals surface area contributed by atoms with Gasteiger partial charge in [0.05, 0.1) is 17.1 Å². The van der Waals surface area contributed by atoms with E-state index in [1.165, 1.54) is 16.8 Å². The normalized spacial score (nSPS) is 10.9. The quantitative estimate of drug-likeness (QED) is 0.513. The minimum absolute atomic E-state index is 0.668. The molecule has 4 heteroatoms. The smallest absolute Gasteiger partial charge is 0.106 e. The van der Waals surface area contributed by atoms with Crippen LogP contribution in [0.25, 0.3) is 11.0 Å². The first kappa shape index (κ1) is 15.9. The molecule has 2 aromatic rings. The maximum absolute atomic E-state index is 8.57. The van der Waals surface area contributed by atoms with Crippen LogP contribution in [0.1, 0.15) is 44.9 Å². The van der Waals surface area contributed by atoms with E-state index in [-0.39, 0.29) is 0 Å². The summed E-state index contributed by atoms with van der Waals surface area (Å²) in [6, 6.07) is 8.78. The Morgan fingerprint density at radius 1 is 1.29 bits per heavy atom. The van der Waals surface area contributed by atoms with Gasteiger partial charge < -0.3 is 4.57 Å². The fourth-order valence-electron chi connectivity index (χ4n) is 2.47. The van der Waals surface area contributed by atoms with Gasteiger partial charge in [-0.15, -0.1) is 11.8 Å². The summed E-state index contributed by atoms with van der Waals surface area (Å²) in [6.07, 6.45) is 5.08. The van der Waals surface area contributed by atoms with Crippen LogP contribution in [0.15, 0.2) is 23.1 Å². The van der Waals surface area contributed by atoms with Gasteiger partial charge in [-0.2, -0.15) is 5.26 Å². The molecular formula is C17H23N3S. The molecule has 0 atom stereocenters. The Morgan fingerprint density at radius 3 is 2.90 bits per heavy atom. The molecule has 1 aromatic heterocycles. The zero-order valence-corrected chi connectivity index (χ0v) is 13.7. The average Bonchev–Trinajstić information content (AvgIpc) is 2.80. The molecule has 3 nitrogen and oxygen atoms in total. The number of imidazole rings is 1. The molecule has 0 bridgehead atoms. The number of benzene rings is 1. The number of unbranched alkanes of at least 4 members (excludes halogenated alkanes) is 3. The number of hydrogen-bond donors (Lipinski definition) is 0. The van der Waals surface area contributed by atoms with Gasteiger partial charge >= 0.3 is 0 Å². The number of nitrogens with zero attached hydrogens (tertiary/aromatic N) is 3. The summed E-state index contributed by atoms with van der Waals surface area (Å²) in [5.41, 5.74) is 2.33. The lowest BCUT2D eigenvalue weighted by atomic mass is 10.2. The molecule has 0 fully saturated rings. The van der Waals surface area contributed by atoms with Crippen LogP contribution >= 0.6 is 11.8 Å². The second kappa shape index (κ2) is 8.09. The highest BCUT2D eigenvalue weighted by Crippen LogP contribution is 2.25. The van der Waals surface area contributed by atoms with Gasteiger partial charge in [0, 0.05) is 17.9 Å². The van der Waals surface area contributed by atoms with E-state index in [2.05, 4.69) is 47.7 Å². The Morgan fingerprint density at radius 2 is 2.14 bits per heavy atom. The SMILES string of the molecule is CCCSc1ccc2nc(C)n(CCCCCC#N)c2c1.